The molecule has 3 rings (SSSR count). The molecule has 0 N–H and O–H groups in total. The summed E-state index contributed by atoms with van der Waals surface area (Å²) >= 11 is 4.66. The van der Waals surface area contributed by atoms with Crippen LogP contribution in [-0.2, 0) is 16.1 Å². The largest absolute Gasteiger partial charge is 0.468 e. The van der Waals surface area contributed by atoms with E-state index in [1.807, 2.05) is 12.1 Å². The maximum absolute atomic E-state index is 13.0. The highest BCUT2D eigenvalue weighted by atomic mass is 79.9. The van der Waals surface area contributed by atoms with Gasteiger partial charge in [-0.25, -0.2) is 4.98 Å². The molecule has 26 heavy (non-hydrogen) atoms. The summed E-state index contributed by atoms with van der Waals surface area (Å²) in [7, 11) is 1.36. The van der Waals surface area contributed by atoms with Gasteiger partial charge in [0.15, 0.2) is 5.16 Å². The van der Waals surface area contributed by atoms with Gasteiger partial charge in [-0.2, -0.15) is 0 Å². The van der Waals surface area contributed by atoms with E-state index in [1.165, 1.54) is 37.3 Å². The molecule has 2 aromatic rings. The topological polar surface area (TPSA) is 61.2 Å². The molecule has 1 aromatic heterocycles. The van der Waals surface area contributed by atoms with Gasteiger partial charge in [0.05, 0.1) is 23.8 Å². The number of nitrogens with zero attached hydrogens (tertiary/aromatic N) is 2. The first-order valence-corrected chi connectivity index (χ1v) is 10.4. The van der Waals surface area contributed by atoms with Gasteiger partial charge in [-0.15, -0.1) is 0 Å². The fourth-order valence-electron chi connectivity index (χ4n) is 3.05. The minimum atomic E-state index is -0.332. The predicted octanol–water partition coefficient (Wildman–Crippen LogP) is 4.31. The van der Waals surface area contributed by atoms with Crippen LogP contribution in [-0.4, -0.2) is 28.4 Å². The summed E-state index contributed by atoms with van der Waals surface area (Å²) in [6.45, 7) is 0.573. The van der Waals surface area contributed by atoms with Crippen LogP contribution < -0.4 is 5.56 Å². The van der Waals surface area contributed by atoms with Crippen LogP contribution in [0.2, 0.25) is 0 Å². The highest BCUT2D eigenvalue weighted by molar-refractivity contribution is 9.10. The molecule has 0 saturated carbocycles. The SMILES string of the molecule is COC(=O)CSc1nc2ccc(Br)cc2c(=O)n1CCC1=CCCCC1. The van der Waals surface area contributed by atoms with Gasteiger partial charge in [-0.3, -0.25) is 14.2 Å². The predicted molar refractivity (Wildman–Crippen MR) is 108 cm³/mol. The standard InChI is InChI=1S/C19H21BrN2O3S/c1-25-17(23)12-26-19-21-16-8-7-14(20)11-15(16)18(24)22(19)10-9-13-5-3-2-4-6-13/h5,7-8,11H,2-4,6,9-10,12H2,1H3. The molecule has 0 saturated heterocycles. The molecule has 5 nitrogen and oxygen atoms in total. The zero-order valence-electron chi connectivity index (χ0n) is 14.7. The van der Waals surface area contributed by atoms with Gasteiger partial charge < -0.3 is 4.74 Å². The molecule has 138 valence electrons. The smallest absolute Gasteiger partial charge is 0.316 e. The second-order valence-corrected chi connectivity index (χ2v) is 8.09. The van der Waals surface area contributed by atoms with E-state index in [4.69, 9.17) is 4.74 Å². The van der Waals surface area contributed by atoms with Gasteiger partial charge in [0.1, 0.15) is 0 Å². The van der Waals surface area contributed by atoms with Crippen molar-refractivity contribution in [3.8, 4) is 0 Å². The summed E-state index contributed by atoms with van der Waals surface area (Å²) in [4.78, 5) is 29.2. The first-order valence-electron chi connectivity index (χ1n) is 8.66. The van der Waals surface area contributed by atoms with Gasteiger partial charge >= 0.3 is 5.97 Å². The molecular formula is C19H21BrN2O3S. The molecule has 1 heterocycles. The first kappa shape index (κ1) is 19.2. The Labute approximate surface area is 165 Å². The summed E-state index contributed by atoms with van der Waals surface area (Å²) in [5, 5.41) is 1.14. The van der Waals surface area contributed by atoms with E-state index in [1.54, 1.807) is 10.6 Å². The maximum Gasteiger partial charge on any atom is 0.316 e. The van der Waals surface area contributed by atoms with Crippen LogP contribution in [0.5, 0.6) is 0 Å². The minimum Gasteiger partial charge on any atom is -0.468 e. The third-order valence-corrected chi connectivity index (χ3v) is 5.91. The average molecular weight is 437 g/mol. The monoisotopic (exact) mass is 436 g/mol. The quantitative estimate of drug-likeness (QED) is 0.292. The van der Waals surface area contributed by atoms with Crippen LogP contribution in [0.4, 0.5) is 0 Å². The summed E-state index contributed by atoms with van der Waals surface area (Å²) in [6, 6.07) is 5.48. The fraction of sp³-hybridized carbons (Fsp3) is 0.421. The second kappa shape index (κ2) is 8.86. The lowest BCUT2D eigenvalue weighted by Gasteiger charge is -2.16. The van der Waals surface area contributed by atoms with Gasteiger partial charge in [0.25, 0.3) is 5.56 Å². The van der Waals surface area contributed by atoms with Crippen molar-refractivity contribution in [2.45, 2.75) is 43.8 Å². The highest BCUT2D eigenvalue weighted by Gasteiger charge is 2.15. The Bertz CT molecular complexity index is 908. The molecular weight excluding hydrogens is 416 g/mol. The van der Waals surface area contributed by atoms with Gasteiger partial charge in [0.2, 0.25) is 0 Å². The molecule has 0 atom stereocenters. The van der Waals surface area contributed by atoms with Crippen molar-refractivity contribution in [2.75, 3.05) is 12.9 Å². The number of ether oxygens (including phenoxy) is 1. The highest BCUT2D eigenvalue weighted by Crippen LogP contribution is 2.24. The van der Waals surface area contributed by atoms with Crippen LogP contribution in [0.1, 0.15) is 32.1 Å². The summed E-state index contributed by atoms with van der Waals surface area (Å²) in [5.41, 5.74) is 1.97. The number of esters is 1. The summed E-state index contributed by atoms with van der Waals surface area (Å²) in [6.07, 6.45) is 7.82. The number of rotatable bonds is 6. The number of methoxy groups -OCH3 is 1. The number of aromatic nitrogens is 2. The Morgan fingerprint density at radius 3 is 2.96 bits per heavy atom. The number of carbonyl (C=O) groups is 1. The van der Waals surface area contributed by atoms with Crippen molar-refractivity contribution < 1.29 is 9.53 Å². The maximum atomic E-state index is 13.0. The molecule has 1 aromatic carbocycles. The number of thioether (sulfide) groups is 1. The van der Waals surface area contributed by atoms with E-state index in [2.05, 4.69) is 27.0 Å². The molecule has 0 fully saturated rings. The minimum absolute atomic E-state index is 0.0694. The van der Waals surface area contributed by atoms with Crippen molar-refractivity contribution >= 4 is 44.6 Å². The molecule has 0 aliphatic heterocycles. The van der Waals surface area contributed by atoms with Crippen LogP contribution in [0, 0.1) is 0 Å². The Kier molecular flexibility index (Phi) is 6.53. The Morgan fingerprint density at radius 1 is 1.38 bits per heavy atom. The molecule has 0 bridgehead atoms. The number of hydrogen-bond donors (Lipinski definition) is 0. The molecule has 0 unspecified atom stereocenters. The van der Waals surface area contributed by atoms with E-state index in [9.17, 15) is 9.59 Å². The molecule has 7 heteroatoms. The van der Waals surface area contributed by atoms with E-state index in [-0.39, 0.29) is 17.3 Å². The van der Waals surface area contributed by atoms with Gasteiger partial charge in [-0.05, 0) is 50.3 Å². The molecule has 0 radical (unpaired) electrons. The third-order valence-electron chi connectivity index (χ3n) is 4.47. The fourth-order valence-corrected chi connectivity index (χ4v) is 4.27. The summed E-state index contributed by atoms with van der Waals surface area (Å²) < 4.78 is 7.25. The van der Waals surface area contributed by atoms with Crippen LogP contribution >= 0.6 is 27.7 Å². The van der Waals surface area contributed by atoms with Crippen molar-refractivity contribution in [3.63, 3.8) is 0 Å². The first-order chi connectivity index (χ1) is 12.6. The molecule has 0 spiro atoms. The normalized spacial score (nSPS) is 14.3. The molecule has 0 amide bonds. The lowest BCUT2D eigenvalue weighted by molar-refractivity contribution is -0.137. The van der Waals surface area contributed by atoms with Crippen LogP contribution in [0.15, 0.2) is 44.3 Å². The van der Waals surface area contributed by atoms with Crippen molar-refractivity contribution in [2.24, 2.45) is 0 Å². The number of halogens is 1. The lowest BCUT2D eigenvalue weighted by atomic mass is 9.97. The van der Waals surface area contributed by atoms with Crippen LogP contribution in [0.25, 0.3) is 10.9 Å². The van der Waals surface area contributed by atoms with Crippen molar-refractivity contribution in [1.29, 1.82) is 0 Å². The Balaban J connectivity index is 1.95. The van der Waals surface area contributed by atoms with Gasteiger partial charge in [-0.1, -0.05) is 39.3 Å². The van der Waals surface area contributed by atoms with Crippen molar-refractivity contribution in [3.05, 3.63) is 44.7 Å². The molecule has 1 aliphatic carbocycles. The number of allylic oxidation sites excluding steroid dienone is 2. The Hall–Kier alpha value is -1.60. The number of fused-ring (bicyclic) bond motifs is 1. The van der Waals surface area contributed by atoms with E-state index >= 15 is 0 Å². The van der Waals surface area contributed by atoms with E-state index < -0.39 is 0 Å². The third kappa shape index (κ3) is 4.57. The summed E-state index contributed by atoms with van der Waals surface area (Å²) in [5.74, 6) is -0.199. The molecule has 1 aliphatic rings. The van der Waals surface area contributed by atoms with Crippen molar-refractivity contribution in [1.82, 2.24) is 9.55 Å². The van der Waals surface area contributed by atoms with Crippen LogP contribution in [0.3, 0.4) is 0 Å². The Morgan fingerprint density at radius 2 is 2.23 bits per heavy atom. The number of benzene rings is 1. The number of hydrogen-bond acceptors (Lipinski definition) is 5. The zero-order valence-corrected chi connectivity index (χ0v) is 17.1. The number of carbonyl (C=O) groups excluding carboxylic acids is 1. The van der Waals surface area contributed by atoms with Gasteiger partial charge in [0, 0.05) is 11.0 Å². The second-order valence-electron chi connectivity index (χ2n) is 6.24. The zero-order chi connectivity index (χ0) is 18.5. The van der Waals surface area contributed by atoms with E-state index in [0.29, 0.717) is 22.6 Å². The lowest BCUT2D eigenvalue weighted by Crippen LogP contribution is -2.24. The average Bonchev–Trinajstić information content (AvgIpc) is 2.66. The van der Waals surface area contributed by atoms with E-state index in [0.717, 1.165) is 23.7 Å².